The molecule has 0 atom stereocenters. The Hall–Kier alpha value is -0.0800. The Morgan fingerprint density at radius 3 is 2.05 bits per heavy atom. The van der Waals surface area contributed by atoms with Gasteiger partial charge in [-0.1, -0.05) is 0 Å². The zero-order chi connectivity index (χ0) is 15.0. The number of likely N-dealkylation sites (tertiary alicyclic amines) is 1. The molecule has 0 aromatic rings. The van der Waals surface area contributed by atoms with Gasteiger partial charge in [-0.25, -0.2) is 0 Å². The molecule has 0 amide bonds. The molecule has 0 saturated carbocycles. The molecule has 0 aromatic heterocycles. The third kappa shape index (κ3) is 10.3. The van der Waals surface area contributed by atoms with Crippen LogP contribution in [0, 0.1) is 0 Å². The van der Waals surface area contributed by atoms with Crippen molar-refractivity contribution >= 4 is 12.4 Å². The van der Waals surface area contributed by atoms with Crippen LogP contribution in [0.1, 0.15) is 25.7 Å². The smallest absolute Gasteiger partial charge is 0.381 e. The van der Waals surface area contributed by atoms with Gasteiger partial charge >= 0.3 is 6.18 Å². The maximum absolute atomic E-state index is 11.9. The van der Waals surface area contributed by atoms with E-state index < -0.39 is 12.7 Å². The van der Waals surface area contributed by atoms with Crippen LogP contribution in [0.2, 0.25) is 0 Å². The summed E-state index contributed by atoms with van der Waals surface area (Å²) in [5.41, 5.74) is 5.55. The van der Waals surface area contributed by atoms with Crippen molar-refractivity contribution in [2.24, 2.45) is 5.73 Å². The van der Waals surface area contributed by atoms with E-state index >= 15 is 0 Å². The quantitative estimate of drug-likeness (QED) is 0.809. The number of alkyl halides is 3. The van der Waals surface area contributed by atoms with Crippen LogP contribution in [-0.2, 0) is 4.74 Å². The van der Waals surface area contributed by atoms with Crippen LogP contribution in [0.3, 0.4) is 0 Å². The van der Waals surface area contributed by atoms with E-state index in [9.17, 15) is 13.2 Å². The van der Waals surface area contributed by atoms with Gasteiger partial charge in [0, 0.05) is 25.3 Å². The van der Waals surface area contributed by atoms with Crippen LogP contribution in [-0.4, -0.2) is 63.1 Å². The molecular weight excluding hydrogens is 307 g/mol. The highest BCUT2D eigenvalue weighted by atomic mass is 35.5. The first-order valence-corrected chi connectivity index (χ1v) is 7.20. The summed E-state index contributed by atoms with van der Waals surface area (Å²) in [5.74, 6) is 0. The van der Waals surface area contributed by atoms with Crippen LogP contribution in [0.4, 0.5) is 13.2 Å². The normalized spacial score (nSPS) is 22.1. The van der Waals surface area contributed by atoms with Crippen LogP contribution >= 0.6 is 12.4 Å². The second-order valence-corrected chi connectivity index (χ2v) is 5.40. The average molecular weight is 334 g/mol. The van der Waals surface area contributed by atoms with Crippen molar-refractivity contribution in [3.05, 3.63) is 0 Å². The molecular formula is C13H27ClF3N3O. The van der Waals surface area contributed by atoms with Gasteiger partial charge < -0.3 is 15.8 Å². The molecule has 2 aliphatic rings. The summed E-state index contributed by atoms with van der Waals surface area (Å²) in [5, 5.41) is 3.22. The Kier molecular flexibility index (Phi) is 10.6. The number of hydrogen-bond donors (Lipinski definition) is 2. The van der Waals surface area contributed by atoms with E-state index in [2.05, 4.69) is 5.32 Å². The number of piperidine rings is 1. The molecule has 2 saturated heterocycles. The molecule has 21 heavy (non-hydrogen) atoms. The topological polar surface area (TPSA) is 50.5 Å². The predicted molar refractivity (Wildman–Crippen MR) is 79.9 cm³/mol. The molecule has 2 aliphatic heterocycles. The van der Waals surface area contributed by atoms with Gasteiger partial charge in [0.15, 0.2) is 0 Å². The molecule has 2 fully saturated rings. The first kappa shape index (κ1) is 20.9. The molecule has 3 N–H and O–H groups in total. The number of halogens is 4. The summed E-state index contributed by atoms with van der Waals surface area (Å²) < 4.78 is 40.8. The SMILES string of the molecule is CNC1CCOCC1.Cl.NC1CCN(CC(F)(F)F)CC1. The number of hydrogen-bond acceptors (Lipinski definition) is 4. The third-order valence-corrected chi connectivity index (χ3v) is 3.66. The number of nitrogens with two attached hydrogens (primary N) is 1. The lowest BCUT2D eigenvalue weighted by Gasteiger charge is -2.30. The average Bonchev–Trinajstić information content (AvgIpc) is 2.42. The minimum Gasteiger partial charge on any atom is -0.381 e. The Morgan fingerprint density at radius 1 is 1.14 bits per heavy atom. The highest BCUT2D eigenvalue weighted by Crippen LogP contribution is 2.19. The van der Waals surface area contributed by atoms with Gasteiger partial charge in [0.05, 0.1) is 6.54 Å². The highest BCUT2D eigenvalue weighted by molar-refractivity contribution is 5.85. The van der Waals surface area contributed by atoms with E-state index in [-0.39, 0.29) is 18.4 Å². The maximum Gasteiger partial charge on any atom is 0.401 e. The lowest BCUT2D eigenvalue weighted by molar-refractivity contribution is -0.147. The second-order valence-electron chi connectivity index (χ2n) is 5.40. The van der Waals surface area contributed by atoms with Crippen LogP contribution in [0.25, 0.3) is 0 Å². The van der Waals surface area contributed by atoms with Crippen molar-refractivity contribution in [2.45, 2.75) is 43.9 Å². The van der Waals surface area contributed by atoms with Gasteiger partial charge in [-0.15, -0.1) is 12.4 Å². The third-order valence-electron chi connectivity index (χ3n) is 3.66. The Bertz CT molecular complexity index is 256. The Balaban J connectivity index is 0.000000390. The van der Waals surface area contributed by atoms with E-state index in [0.717, 1.165) is 13.2 Å². The van der Waals surface area contributed by atoms with Crippen molar-refractivity contribution < 1.29 is 17.9 Å². The van der Waals surface area contributed by atoms with E-state index in [1.54, 1.807) is 0 Å². The first-order chi connectivity index (χ1) is 9.40. The number of ether oxygens (including phenoxy) is 1. The largest absolute Gasteiger partial charge is 0.401 e. The fraction of sp³-hybridized carbons (Fsp3) is 1.00. The fourth-order valence-electron chi connectivity index (χ4n) is 2.35. The zero-order valence-electron chi connectivity index (χ0n) is 12.5. The van der Waals surface area contributed by atoms with Gasteiger partial charge in [-0.2, -0.15) is 13.2 Å². The second kappa shape index (κ2) is 10.6. The Morgan fingerprint density at radius 2 is 1.67 bits per heavy atom. The highest BCUT2D eigenvalue weighted by Gasteiger charge is 2.31. The van der Waals surface area contributed by atoms with E-state index in [0.29, 0.717) is 32.0 Å². The van der Waals surface area contributed by atoms with Crippen molar-refractivity contribution in [1.29, 1.82) is 0 Å². The van der Waals surface area contributed by atoms with Crippen molar-refractivity contribution in [1.82, 2.24) is 10.2 Å². The van der Waals surface area contributed by atoms with Crippen LogP contribution < -0.4 is 11.1 Å². The number of nitrogens with one attached hydrogen (secondary N) is 1. The lowest BCUT2D eigenvalue weighted by Crippen LogP contribution is -2.43. The van der Waals surface area contributed by atoms with Gasteiger partial charge in [0.2, 0.25) is 0 Å². The van der Waals surface area contributed by atoms with E-state index in [4.69, 9.17) is 10.5 Å². The molecule has 0 bridgehead atoms. The minimum atomic E-state index is -4.07. The molecule has 0 aliphatic carbocycles. The number of nitrogens with zero attached hydrogens (tertiary/aromatic N) is 1. The van der Waals surface area contributed by atoms with Crippen molar-refractivity contribution in [3.63, 3.8) is 0 Å². The van der Waals surface area contributed by atoms with Crippen LogP contribution in [0.5, 0.6) is 0 Å². The molecule has 8 heteroatoms. The summed E-state index contributed by atoms with van der Waals surface area (Å²) in [6, 6.07) is 0.804. The van der Waals surface area contributed by atoms with Crippen molar-refractivity contribution in [3.8, 4) is 0 Å². The van der Waals surface area contributed by atoms with Gasteiger partial charge in [-0.05, 0) is 45.8 Å². The summed E-state index contributed by atoms with van der Waals surface area (Å²) in [7, 11) is 2.01. The molecule has 2 heterocycles. The number of rotatable bonds is 2. The monoisotopic (exact) mass is 333 g/mol. The molecule has 0 radical (unpaired) electrons. The minimum absolute atomic E-state index is 0. The lowest BCUT2D eigenvalue weighted by atomic mass is 10.1. The summed E-state index contributed by atoms with van der Waals surface area (Å²) in [6.45, 7) is 2.03. The van der Waals surface area contributed by atoms with E-state index in [1.165, 1.54) is 17.7 Å². The summed E-state index contributed by atoms with van der Waals surface area (Å²) >= 11 is 0. The maximum atomic E-state index is 11.9. The van der Waals surface area contributed by atoms with Crippen molar-refractivity contribution in [2.75, 3.05) is 39.9 Å². The van der Waals surface area contributed by atoms with Crippen LogP contribution in [0.15, 0.2) is 0 Å². The summed E-state index contributed by atoms with van der Waals surface area (Å²) in [6.07, 6.45) is -0.361. The molecule has 0 aromatic carbocycles. The Labute approximate surface area is 131 Å². The standard InChI is InChI=1S/C7H13F3N2.C6H13NO.ClH/c8-7(9,10)5-12-3-1-6(11)2-4-12;1-7-6-2-4-8-5-3-6;/h6H,1-5,11H2;6-7H,2-5H2,1H3;1H. The first-order valence-electron chi connectivity index (χ1n) is 7.20. The predicted octanol–water partition coefficient (Wildman–Crippen LogP) is 1.78. The molecule has 0 unspecified atom stereocenters. The fourth-order valence-corrected chi connectivity index (χ4v) is 2.35. The van der Waals surface area contributed by atoms with E-state index in [1.807, 2.05) is 7.05 Å². The van der Waals surface area contributed by atoms with Gasteiger partial charge in [0.25, 0.3) is 0 Å². The molecule has 4 nitrogen and oxygen atoms in total. The zero-order valence-corrected chi connectivity index (χ0v) is 13.3. The summed E-state index contributed by atoms with van der Waals surface area (Å²) in [4.78, 5) is 1.41. The molecule has 2 rings (SSSR count). The molecule has 0 spiro atoms. The molecule has 128 valence electrons. The van der Waals surface area contributed by atoms with Gasteiger partial charge in [-0.3, -0.25) is 4.90 Å². The van der Waals surface area contributed by atoms with Gasteiger partial charge in [0.1, 0.15) is 0 Å².